The SMILES string of the molecule is CNC(=O)c1ccc(NC(=O)c2ccc(F)cc2)cc1. The normalized spacial score (nSPS) is 9.90. The van der Waals surface area contributed by atoms with Gasteiger partial charge in [0.2, 0.25) is 0 Å². The molecule has 2 aromatic carbocycles. The van der Waals surface area contributed by atoms with Crippen LogP contribution in [0.25, 0.3) is 0 Å². The predicted molar refractivity (Wildman–Crippen MR) is 74.2 cm³/mol. The molecule has 2 rings (SSSR count). The molecule has 0 heterocycles. The highest BCUT2D eigenvalue weighted by Gasteiger charge is 2.07. The smallest absolute Gasteiger partial charge is 0.255 e. The van der Waals surface area contributed by atoms with Gasteiger partial charge in [-0.3, -0.25) is 9.59 Å². The minimum Gasteiger partial charge on any atom is -0.355 e. The number of anilines is 1. The number of halogens is 1. The molecule has 0 saturated carbocycles. The zero-order valence-electron chi connectivity index (χ0n) is 10.8. The van der Waals surface area contributed by atoms with E-state index in [9.17, 15) is 14.0 Å². The van der Waals surface area contributed by atoms with E-state index in [0.29, 0.717) is 16.8 Å². The average Bonchev–Trinajstić information content (AvgIpc) is 2.48. The molecule has 0 radical (unpaired) electrons. The third-order valence-electron chi connectivity index (χ3n) is 2.74. The summed E-state index contributed by atoms with van der Waals surface area (Å²) >= 11 is 0. The molecule has 0 aromatic heterocycles. The molecule has 20 heavy (non-hydrogen) atoms. The van der Waals surface area contributed by atoms with Crippen LogP contribution in [0.15, 0.2) is 48.5 Å². The summed E-state index contributed by atoms with van der Waals surface area (Å²) in [6.45, 7) is 0. The first-order chi connectivity index (χ1) is 9.60. The molecular weight excluding hydrogens is 259 g/mol. The summed E-state index contributed by atoms with van der Waals surface area (Å²) in [6.07, 6.45) is 0. The number of carbonyl (C=O) groups is 2. The van der Waals surface area contributed by atoms with Gasteiger partial charge >= 0.3 is 0 Å². The van der Waals surface area contributed by atoms with E-state index in [4.69, 9.17) is 0 Å². The lowest BCUT2D eigenvalue weighted by molar-refractivity contribution is 0.0962. The molecule has 0 aliphatic rings. The highest BCUT2D eigenvalue weighted by Crippen LogP contribution is 2.12. The molecule has 4 nitrogen and oxygen atoms in total. The van der Waals surface area contributed by atoms with Gasteiger partial charge in [-0.15, -0.1) is 0 Å². The zero-order valence-corrected chi connectivity index (χ0v) is 10.8. The molecule has 0 saturated heterocycles. The van der Waals surface area contributed by atoms with Gasteiger partial charge in [0.15, 0.2) is 0 Å². The van der Waals surface area contributed by atoms with E-state index in [2.05, 4.69) is 10.6 Å². The van der Waals surface area contributed by atoms with Crippen molar-refractivity contribution in [3.05, 3.63) is 65.5 Å². The highest BCUT2D eigenvalue weighted by molar-refractivity contribution is 6.04. The lowest BCUT2D eigenvalue weighted by atomic mass is 10.1. The Kier molecular flexibility index (Phi) is 4.10. The van der Waals surface area contributed by atoms with E-state index in [0.717, 1.165) is 0 Å². The van der Waals surface area contributed by atoms with Crippen molar-refractivity contribution in [3.8, 4) is 0 Å². The summed E-state index contributed by atoms with van der Waals surface area (Å²) in [5, 5.41) is 5.18. The van der Waals surface area contributed by atoms with Crippen LogP contribution in [0.1, 0.15) is 20.7 Å². The topological polar surface area (TPSA) is 58.2 Å². The van der Waals surface area contributed by atoms with Gasteiger partial charge in [0.25, 0.3) is 11.8 Å². The van der Waals surface area contributed by atoms with Crippen LogP contribution in [-0.4, -0.2) is 18.9 Å². The summed E-state index contributed by atoms with van der Waals surface area (Å²) in [5.41, 5.74) is 1.43. The number of amides is 2. The Hall–Kier alpha value is -2.69. The zero-order chi connectivity index (χ0) is 14.5. The van der Waals surface area contributed by atoms with Gasteiger partial charge in [-0.05, 0) is 48.5 Å². The van der Waals surface area contributed by atoms with Crippen LogP contribution >= 0.6 is 0 Å². The molecule has 5 heteroatoms. The largest absolute Gasteiger partial charge is 0.355 e. The summed E-state index contributed by atoms with van der Waals surface area (Å²) in [4.78, 5) is 23.3. The molecule has 2 amide bonds. The van der Waals surface area contributed by atoms with Crippen molar-refractivity contribution in [2.75, 3.05) is 12.4 Å². The first-order valence-corrected chi connectivity index (χ1v) is 5.99. The third-order valence-corrected chi connectivity index (χ3v) is 2.74. The van der Waals surface area contributed by atoms with Gasteiger partial charge in [-0.2, -0.15) is 0 Å². The number of benzene rings is 2. The molecular formula is C15H13FN2O2. The van der Waals surface area contributed by atoms with Crippen molar-refractivity contribution in [2.24, 2.45) is 0 Å². The minimum atomic E-state index is -0.392. The molecule has 0 spiro atoms. The molecule has 102 valence electrons. The van der Waals surface area contributed by atoms with E-state index >= 15 is 0 Å². The number of nitrogens with one attached hydrogen (secondary N) is 2. The van der Waals surface area contributed by atoms with Crippen LogP contribution in [0.3, 0.4) is 0 Å². The number of rotatable bonds is 3. The third kappa shape index (κ3) is 3.20. The number of carbonyl (C=O) groups excluding carboxylic acids is 2. The van der Waals surface area contributed by atoms with Crippen molar-refractivity contribution in [1.29, 1.82) is 0 Å². The summed E-state index contributed by atoms with van der Waals surface area (Å²) in [6, 6.07) is 11.7. The second-order valence-electron chi connectivity index (χ2n) is 4.12. The average molecular weight is 272 g/mol. The molecule has 0 aliphatic heterocycles. The van der Waals surface area contributed by atoms with Crippen molar-refractivity contribution in [3.63, 3.8) is 0 Å². The first kappa shape index (κ1) is 13.7. The molecule has 2 aromatic rings. The van der Waals surface area contributed by atoms with E-state index in [1.807, 2.05) is 0 Å². The fourth-order valence-electron chi connectivity index (χ4n) is 1.65. The standard InChI is InChI=1S/C15H13FN2O2/c1-17-14(19)10-4-8-13(9-5-10)18-15(20)11-2-6-12(16)7-3-11/h2-9H,1H3,(H,17,19)(H,18,20). The van der Waals surface area contributed by atoms with Crippen molar-refractivity contribution >= 4 is 17.5 Å². The minimum absolute atomic E-state index is 0.193. The maximum Gasteiger partial charge on any atom is 0.255 e. The van der Waals surface area contributed by atoms with Gasteiger partial charge < -0.3 is 10.6 Å². The van der Waals surface area contributed by atoms with E-state index < -0.39 is 5.82 Å². The fourth-order valence-corrected chi connectivity index (χ4v) is 1.65. The van der Waals surface area contributed by atoms with Crippen LogP contribution in [0.2, 0.25) is 0 Å². The second-order valence-corrected chi connectivity index (χ2v) is 4.12. The quantitative estimate of drug-likeness (QED) is 0.901. The van der Waals surface area contributed by atoms with E-state index in [1.54, 1.807) is 31.3 Å². The Bertz CT molecular complexity index is 621. The predicted octanol–water partition coefficient (Wildman–Crippen LogP) is 2.44. The van der Waals surface area contributed by atoms with E-state index in [1.165, 1.54) is 24.3 Å². The van der Waals surface area contributed by atoms with E-state index in [-0.39, 0.29) is 11.8 Å². The fraction of sp³-hybridized carbons (Fsp3) is 0.0667. The maximum absolute atomic E-state index is 12.8. The first-order valence-electron chi connectivity index (χ1n) is 5.99. The number of hydrogen-bond acceptors (Lipinski definition) is 2. The molecule has 0 fully saturated rings. The van der Waals surface area contributed by atoms with Crippen molar-refractivity contribution < 1.29 is 14.0 Å². The van der Waals surface area contributed by atoms with Crippen molar-refractivity contribution in [2.45, 2.75) is 0 Å². The van der Waals surface area contributed by atoms with Crippen LogP contribution < -0.4 is 10.6 Å². The molecule has 2 N–H and O–H groups in total. The van der Waals surface area contributed by atoms with Crippen LogP contribution in [-0.2, 0) is 0 Å². The summed E-state index contributed by atoms with van der Waals surface area (Å²) in [7, 11) is 1.55. The lowest BCUT2D eigenvalue weighted by Gasteiger charge is -2.06. The molecule has 0 unspecified atom stereocenters. The lowest BCUT2D eigenvalue weighted by Crippen LogP contribution is -2.17. The Balaban J connectivity index is 2.08. The Morgan fingerprint density at radius 3 is 1.90 bits per heavy atom. The van der Waals surface area contributed by atoms with Crippen LogP contribution in [0.5, 0.6) is 0 Å². The van der Waals surface area contributed by atoms with Gasteiger partial charge in [0.05, 0.1) is 0 Å². The summed E-state index contributed by atoms with van der Waals surface area (Å²) in [5.74, 6) is -0.921. The van der Waals surface area contributed by atoms with Crippen LogP contribution in [0.4, 0.5) is 10.1 Å². The number of hydrogen-bond donors (Lipinski definition) is 2. The van der Waals surface area contributed by atoms with Gasteiger partial charge in [-0.25, -0.2) is 4.39 Å². The Morgan fingerprint density at radius 1 is 0.850 bits per heavy atom. The maximum atomic E-state index is 12.8. The van der Waals surface area contributed by atoms with Gasteiger partial charge in [0.1, 0.15) is 5.82 Å². The van der Waals surface area contributed by atoms with Crippen LogP contribution in [0, 0.1) is 5.82 Å². The monoisotopic (exact) mass is 272 g/mol. The van der Waals surface area contributed by atoms with Crippen molar-refractivity contribution in [1.82, 2.24) is 5.32 Å². The Morgan fingerprint density at radius 2 is 1.35 bits per heavy atom. The second kappa shape index (κ2) is 5.97. The summed E-state index contributed by atoms with van der Waals surface area (Å²) < 4.78 is 12.8. The van der Waals surface area contributed by atoms with Gasteiger partial charge in [0, 0.05) is 23.9 Å². The van der Waals surface area contributed by atoms with Gasteiger partial charge in [-0.1, -0.05) is 0 Å². The molecule has 0 aliphatic carbocycles. The molecule has 0 atom stereocenters. The molecule has 0 bridgehead atoms. The Labute approximate surface area is 115 Å². The highest BCUT2D eigenvalue weighted by atomic mass is 19.1.